The smallest absolute Gasteiger partial charge is 0.262 e. The Labute approximate surface area is 164 Å². The quantitative estimate of drug-likeness (QED) is 0.371. The highest BCUT2D eigenvalue weighted by molar-refractivity contribution is 7.98. The van der Waals surface area contributed by atoms with Crippen LogP contribution in [0.25, 0.3) is 20.7 Å². The van der Waals surface area contributed by atoms with Crippen LogP contribution in [0.2, 0.25) is 0 Å². The van der Waals surface area contributed by atoms with E-state index in [-0.39, 0.29) is 5.56 Å². The van der Waals surface area contributed by atoms with E-state index in [0.29, 0.717) is 21.9 Å². The summed E-state index contributed by atoms with van der Waals surface area (Å²) >= 11 is 3.06. The third-order valence-corrected chi connectivity index (χ3v) is 6.42. The van der Waals surface area contributed by atoms with E-state index < -0.39 is 0 Å². The summed E-state index contributed by atoms with van der Waals surface area (Å²) in [6, 6.07) is 21.5. The molecule has 4 aromatic rings. The van der Waals surface area contributed by atoms with Crippen LogP contribution in [0.15, 0.2) is 70.6 Å². The van der Waals surface area contributed by atoms with Crippen molar-refractivity contribution < 1.29 is 0 Å². The van der Waals surface area contributed by atoms with Crippen LogP contribution in [0.1, 0.15) is 11.1 Å². The molecule has 27 heavy (non-hydrogen) atoms. The van der Waals surface area contributed by atoms with Gasteiger partial charge in [-0.05, 0) is 29.3 Å². The van der Waals surface area contributed by atoms with Gasteiger partial charge in [-0.1, -0.05) is 54.2 Å². The molecular weight excluding hydrogens is 374 g/mol. The van der Waals surface area contributed by atoms with Gasteiger partial charge in [-0.2, -0.15) is 5.26 Å². The van der Waals surface area contributed by atoms with Gasteiger partial charge in [-0.15, -0.1) is 11.3 Å². The van der Waals surface area contributed by atoms with E-state index in [1.807, 2.05) is 48.5 Å². The number of hydrogen-bond donors (Lipinski definition) is 0. The van der Waals surface area contributed by atoms with Gasteiger partial charge in [0, 0.05) is 17.7 Å². The van der Waals surface area contributed by atoms with Gasteiger partial charge in [0.15, 0.2) is 5.16 Å². The van der Waals surface area contributed by atoms with E-state index in [4.69, 9.17) is 10.2 Å². The number of fused-ring (bicyclic) bond motifs is 1. The molecule has 0 bridgehead atoms. The minimum atomic E-state index is -0.0271. The van der Waals surface area contributed by atoms with Gasteiger partial charge in [0.1, 0.15) is 4.83 Å². The molecule has 0 N–H and O–H groups in total. The molecule has 0 unspecified atom stereocenters. The third-order valence-electron chi connectivity index (χ3n) is 4.24. The molecule has 2 aromatic carbocycles. The van der Waals surface area contributed by atoms with Crippen LogP contribution >= 0.6 is 23.1 Å². The lowest BCUT2D eigenvalue weighted by Crippen LogP contribution is -2.19. The van der Waals surface area contributed by atoms with Crippen LogP contribution in [-0.4, -0.2) is 9.55 Å². The lowest BCUT2D eigenvalue weighted by Gasteiger charge is -2.07. The van der Waals surface area contributed by atoms with Crippen molar-refractivity contribution in [3.05, 3.63) is 82.1 Å². The molecule has 2 aromatic heterocycles. The first-order valence-corrected chi connectivity index (χ1v) is 10.1. The summed E-state index contributed by atoms with van der Waals surface area (Å²) < 4.78 is 1.61. The molecule has 0 fully saturated rings. The first kappa shape index (κ1) is 17.5. The fourth-order valence-corrected chi connectivity index (χ4v) is 4.75. The van der Waals surface area contributed by atoms with Crippen molar-refractivity contribution in [2.75, 3.05) is 0 Å². The lowest BCUT2D eigenvalue weighted by molar-refractivity contribution is 0.728. The maximum Gasteiger partial charge on any atom is 0.262 e. The van der Waals surface area contributed by atoms with Gasteiger partial charge in [-0.25, -0.2) is 4.98 Å². The van der Waals surface area contributed by atoms with Crippen molar-refractivity contribution in [3.8, 4) is 16.5 Å². The number of nitriles is 1. The molecule has 0 spiro atoms. The topological polar surface area (TPSA) is 58.7 Å². The molecule has 0 aliphatic heterocycles. The molecule has 0 amide bonds. The minimum absolute atomic E-state index is 0.0271. The second-order valence-electron chi connectivity index (χ2n) is 6.05. The van der Waals surface area contributed by atoms with E-state index in [1.165, 1.54) is 11.8 Å². The van der Waals surface area contributed by atoms with Gasteiger partial charge < -0.3 is 0 Å². The summed E-state index contributed by atoms with van der Waals surface area (Å²) in [5.41, 5.74) is 2.79. The monoisotopic (exact) mass is 389 g/mol. The van der Waals surface area contributed by atoms with Crippen LogP contribution in [0.3, 0.4) is 0 Å². The molecule has 0 aliphatic carbocycles. The molecule has 0 radical (unpaired) electrons. The first-order valence-electron chi connectivity index (χ1n) is 8.33. The number of nitrogens with zero attached hydrogens (tertiary/aromatic N) is 3. The summed E-state index contributed by atoms with van der Waals surface area (Å²) in [7, 11) is 1.76. The van der Waals surface area contributed by atoms with Gasteiger partial charge in [0.25, 0.3) is 5.56 Å². The van der Waals surface area contributed by atoms with Crippen LogP contribution < -0.4 is 5.56 Å². The Morgan fingerprint density at radius 1 is 1.15 bits per heavy atom. The zero-order chi connectivity index (χ0) is 18.8. The van der Waals surface area contributed by atoms with Gasteiger partial charge in [0.2, 0.25) is 0 Å². The Bertz CT molecular complexity index is 1200. The van der Waals surface area contributed by atoms with E-state index in [1.54, 1.807) is 35.1 Å². The van der Waals surface area contributed by atoms with Crippen molar-refractivity contribution in [1.82, 2.24) is 9.55 Å². The third kappa shape index (κ3) is 3.52. The fourth-order valence-electron chi connectivity index (χ4n) is 2.74. The highest BCUT2D eigenvalue weighted by Crippen LogP contribution is 2.32. The molecule has 4 nitrogen and oxygen atoms in total. The number of rotatable bonds is 4. The van der Waals surface area contributed by atoms with E-state index in [0.717, 1.165) is 20.8 Å². The molecular formula is C21H15N3OS2. The van der Waals surface area contributed by atoms with E-state index >= 15 is 0 Å². The van der Waals surface area contributed by atoms with Crippen LogP contribution in [0, 0.1) is 11.3 Å². The number of hydrogen-bond acceptors (Lipinski definition) is 5. The van der Waals surface area contributed by atoms with E-state index in [2.05, 4.69) is 6.07 Å². The number of benzene rings is 2. The Kier molecular flexibility index (Phi) is 4.80. The fraction of sp³-hybridized carbons (Fsp3) is 0.0952. The number of aromatic nitrogens is 2. The van der Waals surface area contributed by atoms with Crippen molar-refractivity contribution in [2.45, 2.75) is 10.9 Å². The van der Waals surface area contributed by atoms with E-state index in [9.17, 15) is 4.79 Å². The van der Waals surface area contributed by atoms with Crippen LogP contribution in [0.5, 0.6) is 0 Å². The average molecular weight is 390 g/mol. The summed E-state index contributed by atoms with van der Waals surface area (Å²) in [5.74, 6) is 0.689. The highest BCUT2D eigenvalue weighted by Gasteiger charge is 2.13. The molecule has 0 aliphatic rings. The largest absolute Gasteiger partial charge is 0.290 e. The Hall–Kier alpha value is -2.88. The summed E-state index contributed by atoms with van der Waals surface area (Å²) in [6.07, 6.45) is 0. The highest BCUT2D eigenvalue weighted by atomic mass is 32.2. The molecule has 2 heterocycles. The normalized spacial score (nSPS) is 10.8. The average Bonchev–Trinajstić information content (AvgIpc) is 3.15. The summed E-state index contributed by atoms with van der Waals surface area (Å²) in [6.45, 7) is 0. The predicted octanol–water partition coefficient (Wildman–Crippen LogP) is 4.83. The zero-order valence-corrected chi connectivity index (χ0v) is 16.2. The predicted molar refractivity (Wildman–Crippen MR) is 111 cm³/mol. The molecule has 0 atom stereocenters. The van der Waals surface area contributed by atoms with Gasteiger partial charge in [0.05, 0.1) is 17.0 Å². The molecule has 0 saturated heterocycles. The maximum absolute atomic E-state index is 12.8. The molecule has 4 rings (SSSR count). The Morgan fingerprint density at radius 3 is 2.59 bits per heavy atom. The van der Waals surface area contributed by atoms with Crippen LogP contribution in [0.4, 0.5) is 0 Å². The Morgan fingerprint density at radius 2 is 1.89 bits per heavy atom. The van der Waals surface area contributed by atoms with Crippen molar-refractivity contribution in [1.29, 1.82) is 5.26 Å². The standard InChI is InChI=1S/C21H15N3OS2/c1-24-20(25)17-11-18(16-5-3-2-4-6-16)27-19(17)23-21(24)26-13-15-9-7-14(12-22)8-10-15/h2-11H,13H2,1H3. The first-order chi connectivity index (χ1) is 13.2. The zero-order valence-electron chi connectivity index (χ0n) is 14.5. The SMILES string of the molecule is Cn1c(SCc2ccc(C#N)cc2)nc2sc(-c3ccccc3)cc2c1=O. The second kappa shape index (κ2) is 7.39. The van der Waals surface area contributed by atoms with Crippen molar-refractivity contribution in [3.63, 3.8) is 0 Å². The summed E-state index contributed by atoms with van der Waals surface area (Å²) in [4.78, 5) is 19.3. The minimum Gasteiger partial charge on any atom is -0.290 e. The van der Waals surface area contributed by atoms with Crippen molar-refractivity contribution >= 4 is 33.3 Å². The molecule has 132 valence electrons. The van der Waals surface area contributed by atoms with Crippen molar-refractivity contribution in [2.24, 2.45) is 7.05 Å². The summed E-state index contributed by atoms with van der Waals surface area (Å²) in [5, 5.41) is 10.2. The number of thioether (sulfide) groups is 1. The lowest BCUT2D eigenvalue weighted by atomic mass is 10.2. The second-order valence-corrected chi connectivity index (χ2v) is 8.02. The molecule has 0 saturated carbocycles. The maximum atomic E-state index is 12.8. The Balaban J connectivity index is 1.66. The molecule has 6 heteroatoms. The van der Waals surface area contributed by atoms with Crippen LogP contribution in [-0.2, 0) is 12.8 Å². The van der Waals surface area contributed by atoms with Gasteiger partial charge >= 0.3 is 0 Å². The number of thiophene rings is 1. The van der Waals surface area contributed by atoms with Gasteiger partial charge in [-0.3, -0.25) is 9.36 Å².